The number of alkyl carbamates (subject to hydrolysis) is 1. The van der Waals surface area contributed by atoms with E-state index in [4.69, 9.17) is 9.47 Å². The van der Waals surface area contributed by atoms with Gasteiger partial charge in [-0.3, -0.25) is 0 Å². The van der Waals surface area contributed by atoms with Crippen LogP contribution in [0.2, 0.25) is 0 Å². The van der Waals surface area contributed by atoms with E-state index >= 15 is 0 Å². The molecule has 0 bridgehead atoms. The number of hydrogen-bond donors (Lipinski definition) is 1. The summed E-state index contributed by atoms with van der Waals surface area (Å²) in [4.78, 5) is 11.2. The van der Waals surface area contributed by atoms with Crippen LogP contribution in [0.4, 0.5) is 4.79 Å². The van der Waals surface area contributed by atoms with Gasteiger partial charge < -0.3 is 14.8 Å². The molecule has 4 nitrogen and oxygen atoms in total. The lowest BCUT2D eigenvalue weighted by atomic mass is 9.83. The molecule has 2 heterocycles. The Morgan fingerprint density at radius 3 is 2.69 bits per heavy atom. The van der Waals surface area contributed by atoms with Gasteiger partial charge in [-0.25, -0.2) is 4.79 Å². The average Bonchev–Trinajstić information content (AvgIpc) is 3.06. The van der Waals surface area contributed by atoms with Crippen LogP contribution in [0.15, 0.2) is 0 Å². The molecule has 0 radical (unpaired) electrons. The Bertz CT molecular complexity index is 271. The molecular weight excluding hydrogens is 206 g/mol. The summed E-state index contributed by atoms with van der Waals surface area (Å²) in [6.45, 7) is 0.751. The fourth-order valence-electron chi connectivity index (χ4n) is 3.03. The first-order valence-corrected chi connectivity index (χ1v) is 6.41. The Hall–Kier alpha value is -0.770. The number of carbonyl (C=O) groups excluding carboxylic acids is 1. The molecule has 3 rings (SSSR count). The second-order valence-corrected chi connectivity index (χ2v) is 5.23. The van der Waals surface area contributed by atoms with Crippen molar-refractivity contribution in [3.8, 4) is 0 Å². The second kappa shape index (κ2) is 4.24. The summed E-state index contributed by atoms with van der Waals surface area (Å²) in [5, 5.41) is 2.93. The standard InChI is InChI=1S/C12H19NO3/c14-12-13-9(11(16-12)10-7-15-10)6-8-4-2-1-3-5-8/h8-11H,1-7H2,(H,13,14)/t9-,10+,11+/m0/s1. The zero-order valence-corrected chi connectivity index (χ0v) is 9.48. The number of ether oxygens (including phenoxy) is 2. The molecule has 90 valence electrons. The van der Waals surface area contributed by atoms with E-state index < -0.39 is 0 Å². The van der Waals surface area contributed by atoms with Gasteiger partial charge in [0.2, 0.25) is 0 Å². The van der Waals surface area contributed by atoms with Gasteiger partial charge in [0.15, 0.2) is 6.10 Å². The van der Waals surface area contributed by atoms with Gasteiger partial charge in [0.25, 0.3) is 0 Å². The Balaban J connectivity index is 1.57. The lowest BCUT2D eigenvalue weighted by molar-refractivity contribution is 0.104. The van der Waals surface area contributed by atoms with Crippen LogP contribution in [0.1, 0.15) is 38.5 Å². The topological polar surface area (TPSA) is 50.9 Å². The van der Waals surface area contributed by atoms with E-state index in [-0.39, 0.29) is 24.3 Å². The van der Waals surface area contributed by atoms with E-state index in [0.717, 1.165) is 18.9 Å². The van der Waals surface area contributed by atoms with Crippen LogP contribution < -0.4 is 5.32 Å². The summed E-state index contributed by atoms with van der Waals surface area (Å²) in [7, 11) is 0. The van der Waals surface area contributed by atoms with Crippen LogP contribution in [-0.2, 0) is 9.47 Å². The van der Waals surface area contributed by atoms with E-state index in [1.54, 1.807) is 0 Å². The number of carbonyl (C=O) groups is 1. The quantitative estimate of drug-likeness (QED) is 0.745. The molecular formula is C12H19NO3. The molecule has 16 heavy (non-hydrogen) atoms. The first kappa shape index (κ1) is 10.4. The molecule has 0 aromatic rings. The van der Waals surface area contributed by atoms with Crippen molar-refractivity contribution >= 4 is 6.09 Å². The van der Waals surface area contributed by atoms with Crippen molar-refractivity contribution in [1.29, 1.82) is 0 Å². The highest BCUT2D eigenvalue weighted by atomic mass is 16.6. The molecule has 0 spiro atoms. The number of amides is 1. The molecule has 0 unspecified atom stereocenters. The summed E-state index contributed by atoms with van der Waals surface area (Å²) >= 11 is 0. The van der Waals surface area contributed by atoms with Crippen molar-refractivity contribution in [2.75, 3.05) is 6.61 Å². The number of rotatable bonds is 3. The predicted molar refractivity (Wildman–Crippen MR) is 58.1 cm³/mol. The molecule has 0 aromatic heterocycles. The van der Waals surface area contributed by atoms with Crippen LogP contribution in [-0.4, -0.2) is 30.9 Å². The van der Waals surface area contributed by atoms with Crippen LogP contribution in [0.5, 0.6) is 0 Å². The van der Waals surface area contributed by atoms with Crippen molar-refractivity contribution in [2.24, 2.45) is 5.92 Å². The van der Waals surface area contributed by atoms with Crippen LogP contribution >= 0.6 is 0 Å². The normalized spacial score (nSPS) is 39.2. The zero-order valence-electron chi connectivity index (χ0n) is 9.48. The van der Waals surface area contributed by atoms with E-state index in [0.29, 0.717) is 0 Å². The Labute approximate surface area is 95.7 Å². The van der Waals surface area contributed by atoms with Gasteiger partial charge >= 0.3 is 6.09 Å². The summed E-state index contributed by atoms with van der Waals surface area (Å²) in [6.07, 6.45) is 7.61. The minimum Gasteiger partial charge on any atom is -0.441 e. The van der Waals surface area contributed by atoms with Crippen LogP contribution in [0.25, 0.3) is 0 Å². The highest BCUT2D eigenvalue weighted by molar-refractivity contribution is 5.70. The maximum absolute atomic E-state index is 11.2. The number of cyclic esters (lactones) is 1. The van der Waals surface area contributed by atoms with Gasteiger partial charge in [-0.05, 0) is 12.3 Å². The van der Waals surface area contributed by atoms with Crippen LogP contribution in [0.3, 0.4) is 0 Å². The Morgan fingerprint density at radius 1 is 1.25 bits per heavy atom. The number of nitrogens with one attached hydrogen (secondary N) is 1. The Kier molecular flexibility index (Phi) is 2.75. The highest BCUT2D eigenvalue weighted by Gasteiger charge is 2.46. The fraction of sp³-hybridized carbons (Fsp3) is 0.917. The first-order valence-electron chi connectivity index (χ1n) is 6.41. The van der Waals surface area contributed by atoms with Crippen molar-refractivity contribution < 1.29 is 14.3 Å². The minimum absolute atomic E-state index is 0.0329. The monoisotopic (exact) mass is 225 g/mol. The summed E-state index contributed by atoms with van der Waals surface area (Å²) in [5.74, 6) is 0.766. The molecule has 1 amide bonds. The molecule has 4 heteroatoms. The molecule has 2 saturated heterocycles. The van der Waals surface area contributed by atoms with E-state index in [1.807, 2.05) is 0 Å². The summed E-state index contributed by atoms with van der Waals surface area (Å²) in [6, 6.07) is 0.183. The lowest BCUT2D eigenvalue weighted by Gasteiger charge is -2.25. The predicted octanol–water partition coefficient (Wildman–Crippen LogP) is 1.83. The van der Waals surface area contributed by atoms with Crippen molar-refractivity contribution in [3.05, 3.63) is 0 Å². The van der Waals surface area contributed by atoms with Gasteiger partial charge in [0, 0.05) is 0 Å². The second-order valence-electron chi connectivity index (χ2n) is 5.23. The first-order chi connectivity index (χ1) is 7.83. The van der Waals surface area contributed by atoms with Gasteiger partial charge in [-0.1, -0.05) is 32.1 Å². The maximum Gasteiger partial charge on any atom is 0.407 e. The summed E-state index contributed by atoms with van der Waals surface area (Å²) in [5.41, 5.74) is 0. The zero-order chi connectivity index (χ0) is 11.0. The number of hydrogen-bond acceptors (Lipinski definition) is 3. The number of epoxide rings is 1. The SMILES string of the molecule is O=C1N[C@@H](CC2CCCCC2)[C@H]([C@H]2CO2)O1. The third kappa shape index (κ3) is 2.17. The molecule has 2 aliphatic heterocycles. The lowest BCUT2D eigenvalue weighted by Crippen LogP contribution is -2.36. The molecule has 1 N–H and O–H groups in total. The van der Waals surface area contributed by atoms with Crippen molar-refractivity contribution in [1.82, 2.24) is 5.32 Å². The molecule has 1 aliphatic carbocycles. The maximum atomic E-state index is 11.2. The average molecular weight is 225 g/mol. The van der Waals surface area contributed by atoms with Gasteiger partial charge in [-0.15, -0.1) is 0 Å². The smallest absolute Gasteiger partial charge is 0.407 e. The fourth-order valence-corrected chi connectivity index (χ4v) is 3.03. The van der Waals surface area contributed by atoms with Crippen molar-refractivity contribution in [3.63, 3.8) is 0 Å². The van der Waals surface area contributed by atoms with E-state index in [9.17, 15) is 4.79 Å². The van der Waals surface area contributed by atoms with E-state index in [1.165, 1.54) is 32.1 Å². The molecule has 3 fully saturated rings. The van der Waals surface area contributed by atoms with Gasteiger partial charge in [0.05, 0.1) is 12.6 Å². The highest BCUT2D eigenvalue weighted by Crippen LogP contribution is 2.32. The van der Waals surface area contributed by atoms with E-state index in [2.05, 4.69) is 5.32 Å². The summed E-state index contributed by atoms with van der Waals surface area (Å²) < 4.78 is 10.5. The Morgan fingerprint density at radius 2 is 2.00 bits per heavy atom. The molecule has 3 aliphatic rings. The minimum atomic E-state index is -0.263. The largest absolute Gasteiger partial charge is 0.441 e. The molecule has 1 saturated carbocycles. The molecule has 0 aromatic carbocycles. The third-order valence-electron chi connectivity index (χ3n) is 3.98. The molecule has 3 atom stereocenters. The van der Waals surface area contributed by atoms with Gasteiger partial charge in [-0.2, -0.15) is 0 Å². The van der Waals surface area contributed by atoms with Gasteiger partial charge in [0.1, 0.15) is 6.10 Å². The van der Waals surface area contributed by atoms with Crippen molar-refractivity contribution in [2.45, 2.75) is 56.8 Å². The third-order valence-corrected chi connectivity index (χ3v) is 3.98. The van der Waals surface area contributed by atoms with Crippen LogP contribution in [0, 0.1) is 5.92 Å².